The van der Waals surface area contributed by atoms with E-state index in [9.17, 15) is 0 Å². The summed E-state index contributed by atoms with van der Waals surface area (Å²) in [6.07, 6.45) is 3.18. The second-order valence-electron chi connectivity index (χ2n) is 4.58. The van der Waals surface area contributed by atoms with E-state index in [1.54, 1.807) is 0 Å². The topological polar surface area (TPSA) is 37.8 Å². The second-order valence-corrected chi connectivity index (χ2v) is 4.58. The minimum Gasteiger partial charge on any atom is -0.370 e. The molecule has 0 fully saturated rings. The van der Waals surface area contributed by atoms with Crippen LogP contribution in [0.4, 0.5) is 5.82 Å². The van der Waals surface area contributed by atoms with Crippen LogP contribution in [0.25, 0.3) is 0 Å². The fourth-order valence-electron chi connectivity index (χ4n) is 1.83. The predicted molar refractivity (Wildman–Crippen MR) is 73.6 cm³/mol. The zero-order valence-corrected chi connectivity index (χ0v) is 11.8. The van der Waals surface area contributed by atoms with Gasteiger partial charge in [-0.25, -0.2) is 9.97 Å². The number of aryl methyl sites for hydroxylation is 1. The number of aromatic nitrogens is 2. The van der Waals surface area contributed by atoms with Crippen molar-refractivity contribution in [2.24, 2.45) is 0 Å². The minimum atomic E-state index is 0.432. The lowest BCUT2D eigenvalue weighted by Gasteiger charge is -2.15. The summed E-state index contributed by atoms with van der Waals surface area (Å²) in [7, 11) is 0. The van der Waals surface area contributed by atoms with Crippen molar-refractivity contribution in [3.63, 3.8) is 0 Å². The molecule has 0 aliphatic heterocycles. The second kappa shape index (κ2) is 6.58. The molecule has 3 heteroatoms. The molecule has 0 amide bonds. The van der Waals surface area contributed by atoms with Crippen molar-refractivity contribution < 1.29 is 0 Å². The molecule has 1 aromatic heterocycles. The Bertz CT molecular complexity index is 361. The van der Waals surface area contributed by atoms with Gasteiger partial charge in [0.15, 0.2) is 0 Å². The largest absolute Gasteiger partial charge is 0.370 e. The smallest absolute Gasteiger partial charge is 0.133 e. The van der Waals surface area contributed by atoms with E-state index in [0.717, 1.165) is 43.1 Å². The molecular weight excluding hydrogens is 210 g/mol. The molecule has 96 valence electrons. The Labute approximate surface area is 105 Å². The first kappa shape index (κ1) is 13.9. The maximum atomic E-state index is 4.69. The van der Waals surface area contributed by atoms with E-state index in [1.807, 2.05) is 0 Å². The fraction of sp³-hybridized carbons (Fsp3) is 0.714. The maximum Gasteiger partial charge on any atom is 0.133 e. The first-order chi connectivity index (χ1) is 8.13. The van der Waals surface area contributed by atoms with E-state index in [1.165, 1.54) is 5.56 Å². The van der Waals surface area contributed by atoms with Crippen LogP contribution >= 0.6 is 0 Å². The lowest BCUT2D eigenvalue weighted by molar-refractivity contribution is 0.672. The molecule has 1 heterocycles. The van der Waals surface area contributed by atoms with Gasteiger partial charge in [-0.05, 0) is 26.2 Å². The van der Waals surface area contributed by atoms with E-state index >= 15 is 0 Å². The van der Waals surface area contributed by atoms with Gasteiger partial charge in [0, 0.05) is 23.7 Å². The quantitative estimate of drug-likeness (QED) is 0.817. The zero-order chi connectivity index (χ0) is 12.8. The number of anilines is 1. The van der Waals surface area contributed by atoms with Crippen molar-refractivity contribution in [3.05, 3.63) is 17.1 Å². The summed E-state index contributed by atoms with van der Waals surface area (Å²) in [6.45, 7) is 11.8. The number of nitrogens with zero attached hydrogens (tertiary/aromatic N) is 2. The van der Waals surface area contributed by atoms with E-state index in [-0.39, 0.29) is 0 Å². The third-order valence-electron chi connectivity index (χ3n) is 3.18. The van der Waals surface area contributed by atoms with Crippen molar-refractivity contribution in [1.82, 2.24) is 9.97 Å². The van der Waals surface area contributed by atoms with E-state index < -0.39 is 0 Å². The zero-order valence-electron chi connectivity index (χ0n) is 11.8. The first-order valence-electron chi connectivity index (χ1n) is 6.75. The summed E-state index contributed by atoms with van der Waals surface area (Å²) in [5.74, 6) is 2.44. The monoisotopic (exact) mass is 235 g/mol. The Morgan fingerprint density at radius 1 is 1.18 bits per heavy atom. The lowest BCUT2D eigenvalue weighted by atomic mass is 10.1. The molecule has 0 aliphatic rings. The molecule has 3 nitrogen and oxygen atoms in total. The molecule has 1 rings (SSSR count). The Hall–Kier alpha value is -1.12. The first-order valence-corrected chi connectivity index (χ1v) is 6.75. The molecule has 1 atom stereocenters. The minimum absolute atomic E-state index is 0.432. The molecule has 0 bridgehead atoms. The molecular formula is C14H25N3. The lowest BCUT2D eigenvalue weighted by Crippen LogP contribution is -2.11. The van der Waals surface area contributed by atoms with Crippen LogP contribution in [0, 0.1) is 6.92 Å². The van der Waals surface area contributed by atoms with Gasteiger partial charge in [0.1, 0.15) is 11.6 Å². The Morgan fingerprint density at radius 2 is 1.88 bits per heavy atom. The molecule has 0 saturated heterocycles. The Balaban J connectivity index is 3.09. The molecule has 0 aliphatic carbocycles. The van der Waals surface area contributed by atoms with Crippen LogP contribution in [0.3, 0.4) is 0 Å². The van der Waals surface area contributed by atoms with Gasteiger partial charge < -0.3 is 5.32 Å². The van der Waals surface area contributed by atoms with Crippen molar-refractivity contribution in [2.75, 3.05) is 11.9 Å². The van der Waals surface area contributed by atoms with Gasteiger partial charge in [-0.3, -0.25) is 0 Å². The van der Waals surface area contributed by atoms with Crippen LogP contribution in [0.2, 0.25) is 0 Å². The summed E-state index contributed by atoms with van der Waals surface area (Å²) in [4.78, 5) is 9.32. The van der Waals surface area contributed by atoms with E-state index in [0.29, 0.717) is 5.92 Å². The van der Waals surface area contributed by atoms with Crippen LogP contribution in [0.1, 0.15) is 63.5 Å². The van der Waals surface area contributed by atoms with Gasteiger partial charge >= 0.3 is 0 Å². The molecule has 0 aromatic carbocycles. The maximum absolute atomic E-state index is 4.69. The normalized spacial score (nSPS) is 12.5. The average Bonchev–Trinajstić information content (AvgIpc) is 2.34. The van der Waals surface area contributed by atoms with E-state index in [4.69, 9.17) is 4.98 Å². The van der Waals surface area contributed by atoms with Gasteiger partial charge in [0.2, 0.25) is 0 Å². The van der Waals surface area contributed by atoms with Crippen molar-refractivity contribution in [1.29, 1.82) is 0 Å². The SMILES string of the molecule is CCCNc1nc(C(C)CC)nc(C)c1CC. The van der Waals surface area contributed by atoms with Crippen LogP contribution in [0.15, 0.2) is 0 Å². The van der Waals surface area contributed by atoms with Gasteiger partial charge in [-0.15, -0.1) is 0 Å². The average molecular weight is 235 g/mol. The van der Waals surface area contributed by atoms with Crippen molar-refractivity contribution >= 4 is 5.82 Å². The summed E-state index contributed by atoms with van der Waals surface area (Å²) in [6, 6.07) is 0. The van der Waals surface area contributed by atoms with E-state index in [2.05, 4.69) is 44.9 Å². The molecule has 17 heavy (non-hydrogen) atoms. The summed E-state index contributed by atoms with van der Waals surface area (Å²) in [5.41, 5.74) is 2.38. The Kier molecular flexibility index (Phi) is 5.39. The predicted octanol–water partition coefficient (Wildman–Crippen LogP) is 3.68. The highest BCUT2D eigenvalue weighted by atomic mass is 15.0. The third kappa shape index (κ3) is 3.42. The van der Waals surface area contributed by atoms with Crippen LogP contribution in [-0.4, -0.2) is 16.5 Å². The summed E-state index contributed by atoms with van der Waals surface area (Å²) in [5, 5.41) is 3.42. The molecule has 1 N–H and O–H groups in total. The highest BCUT2D eigenvalue weighted by Gasteiger charge is 2.13. The van der Waals surface area contributed by atoms with Gasteiger partial charge in [-0.1, -0.05) is 27.7 Å². The molecule has 1 unspecified atom stereocenters. The van der Waals surface area contributed by atoms with Crippen LogP contribution in [0.5, 0.6) is 0 Å². The Morgan fingerprint density at radius 3 is 2.41 bits per heavy atom. The number of nitrogens with one attached hydrogen (secondary N) is 1. The van der Waals surface area contributed by atoms with Gasteiger partial charge in [-0.2, -0.15) is 0 Å². The molecule has 0 spiro atoms. The van der Waals surface area contributed by atoms with Gasteiger partial charge in [0.25, 0.3) is 0 Å². The molecule has 0 radical (unpaired) electrons. The standard InChI is InChI=1S/C14H25N3/c1-6-9-15-14-12(8-3)11(5)16-13(17-14)10(4)7-2/h10H,6-9H2,1-5H3,(H,15,16,17). The van der Waals surface area contributed by atoms with Crippen LogP contribution in [-0.2, 0) is 6.42 Å². The van der Waals surface area contributed by atoms with Crippen molar-refractivity contribution in [3.8, 4) is 0 Å². The fourth-order valence-corrected chi connectivity index (χ4v) is 1.83. The van der Waals surface area contributed by atoms with Gasteiger partial charge in [0.05, 0.1) is 0 Å². The molecule has 1 aromatic rings. The number of hydrogen-bond donors (Lipinski definition) is 1. The summed E-state index contributed by atoms with van der Waals surface area (Å²) >= 11 is 0. The highest BCUT2D eigenvalue weighted by molar-refractivity contribution is 5.46. The number of hydrogen-bond acceptors (Lipinski definition) is 3. The summed E-state index contributed by atoms with van der Waals surface area (Å²) < 4.78 is 0. The van der Waals surface area contributed by atoms with Crippen LogP contribution < -0.4 is 5.32 Å². The van der Waals surface area contributed by atoms with Crippen molar-refractivity contribution in [2.45, 2.75) is 59.8 Å². The highest BCUT2D eigenvalue weighted by Crippen LogP contribution is 2.22. The third-order valence-corrected chi connectivity index (χ3v) is 3.18. The number of rotatable bonds is 6. The molecule has 0 saturated carbocycles.